The summed E-state index contributed by atoms with van der Waals surface area (Å²) in [6.07, 6.45) is 3.25. The molecule has 1 fully saturated rings. The Morgan fingerprint density at radius 2 is 2.09 bits per heavy atom. The third kappa shape index (κ3) is 4.69. The number of carbonyl (C=O) groups is 1. The van der Waals surface area contributed by atoms with Gasteiger partial charge in [-0.3, -0.25) is 5.10 Å². The second kappa shape index (κ2) is 7.09. The molecule has 0 radical (unpaired) electrons. The first-order valence-corrected chi connectivity index (χ1v) is 7.98. The van der Waals surface area contributed by atoms with E-state index in [1.165, 1.54) is 0 Å². The fourth-order valence-corrected chi connectivity index (χ4v) is 2.52. The van der Waals surface area contributed by atoms with Gasteiger partial charge in [-0.1, -0.05) is 0 Å². The van der Waals surface area contributed by atoms with Crippen molar-refractivity contribution in [3.63, 3.8) is 0 Å². The summed E-state index contributed by atoms with van der Waals surface area (Å²) in [6.45, 7) is 7.68. The van der Waals surface area contributed by atoms with Gasteiger partial charge in [-0.15, -0.1) is 0 Å². The van der Waals surface area contributed by atoms with Gasteiger partial charge >= 0.3 is 6.09 Å². The number of amides is 1. The van der Waals surface area contributed by atoms with Gasteiger partial charge in [-0.25, -0.2) is 9.78 Å². The average Bonchev–Trinajstić information content (AvgIpc) is 2.92. The maximum atomic E-state index is 12.0. The van der Waals surface area contributed by atoms with E-state index in [9.17, 15) is 4.79 Å². The van der Waals surface area contributed by atoms with Crippen molar-refractivity contribution in [2.45, 2.75) is 58.0 Å². The minimum absolute atomic E-state index is 0.232. The second-order valence-corrected chi connectivity index (χ2v) is 6.77. The standard InChI is InChI=1S/C15H27N5O2/c1-15(2,3)22-14(21)20-9-6-11(7-10-20)13-17-12(18-19-13)5-4-8-16/h11H,4-10,16H2,1-3H3,(H,17,18,19). The van der Waals surface area contributed by atoms with Gasteiger partial charge in [-0.2, -0.15) is 5.10 Å². The summed E-state index contributed by atoms with van der Waals surface area (Å²) in [5, 5.41) is 7.29. The Morgan fingerprint density at radius 3 is 2.68 bits per heavy atom. The lowest BCUT2D eigenvalue weighted by molar-refractivity contribution is 0.0203. The van der Waals surface area contributed by atoms with Crippen LogP contribution in [0.25, 0.3) is 0 Å². The molecule has 7 heteroatoms. The summed E-state index contributed by atoms with van der Waals surface area (Å²) < 4.78 is 5.40. The molecule has 0 unspecified atom stereocenters. The molecule has 7 nitrogen and oxygen atoms in total. The van der Waals surface area contributed by atoms with Crippen molar-refractivity contribution in [3.05, 3.63) is 11.6 Å². The van der Waals surface area contributed by atoms with E-state index in [2.05, 4.69) is 15.2 Å². The Morgan fingerprint density at radius 1 is 1.41 bits per heavy atom. The number of piperidine rings is 1. The van der Waals surface area contributed by atoms with E-state index < -0.39 is 5.60 Å². The van der Waals surface area contributed by atoms with E-state index in [-0.39, 0.29) is 6.09 Å². The van der Waals surface area contributed by atoms with E-state index in [1.54, 1.807) is 4.90 Å². The predicted molar refractivity (Wildman–Crippen MR) is 83.5 cm³/mol. The van der Waals surface area contributed by atoms with Crippen molar-refractivity contribution in [2.75, 3.05) is 19.6 Å². The molecular formula is C15H27N5O2. The van der Waals surface area contributed by atoms with Gasteiger partial charge in [0, 0.05) is 25.4 Å². The summed E-state index contributed by atoms with van der Waals surface area (Å²) in [5.74, 6) is 2.06. The molecule has 0 spiro atoms. The quantitative estimate of drug-likeness (QED) is 0.884. The number of nitrogens with two attached hydrogens (primary N) is 1. The van der Waals surface area contributed by atoms with E-state index in [1.807, 2.05) is 20.8 Å². The zero-order valence-electron chi connectivity index (χ0n) is 13.8. The Bertz CT molecular complexity index is 486. The number of likely N-dealkylation sites (tertiary alicyclic amines) is 1. The molecule has 1 aromatic rings. The van der Waals surface area contributed by atoms with Crippen LogP contribution < -0.4 is 5.73 Å². The number of ether oxygens (including phenoxy) is 1. The van der Waals surface area contributed by atoms with Crippen molar-refractivity contribution < 1.29 is 9.53 Å². The molecule has 1 aliphatic heterocycles. The smallest absolute Gasteiger partial charge is 0.410 e. The molecule has 0 saturated carbocycles. The summed E-state index contributed by atoms with van der Waals surface area (Å²) in [6, 6.07) is 0. The number of nitrogens with zero attached hydrogens (tertiary/aromatic N) is 3. The van der Waals surface area contributed by atoms with Gasteiger partial charge in [0.15, 0.2) is 5.82 Å². The number of aryl methyl sites for hydroxylation is 1. The molecule has 22 heavy (non-hydrogen) atoms. The molecular weight excluding hydrogens is 282 g/mol. The predicted octanol–water partition coefficient (Wildman–Crippen LogP) is 1.81. The topological polar surface area (TPSA) is 97.1 Å². The highest BCUT2D eigenvalue weighted by atomic mass is 16.6. The molecule has 1 aromatic heterocycles. The normalized spacial score (nSPS) is 16.8. The first kappa shape index (κ1) is 16.7. The van der Waals surface area contributed by atoms with Gasteiger partial charge in [0.1, 0.15) is 11.4 Å². The molecule has 0 atom stereocenters. The fraction of sp³-hybridized carbons (Fsp3) is 0.800. The van der Waals surface area contributed by atoms with Crippen LogP contribution in [0.4, 0.5) is 4.79 Å². The van der Waals surface area contributed by atoms with Gasteiger partial charge in [0.05, 0.1) is 0 Å². The Kier molecular flexibility index (Phi) is 5.39. The maximum absolute atomic E-state index is 12.0. The largest absolute Gasteiger partial charge is 0.444 e. The monoisotopic (exact) mass is 309 g/mol. The van der Waals surface area contributed by atoms with Crippen molar-refractivity contribution in [2.24, 2.45) is 5.73 Å². The van der Waals surface area contributed by atoms with Crippen LogP contribution >= 0.6 is 0 Å². The zero-order chi connectivity index (χ0) is 16.2. The van der Waals surface area contributed by atoms with Crippen LogP contribution in [0.5, 0.6) is 0 Å². The lowest BCUT2D eigenvalue weighted by Crippen LogP contribution is -2.41. The maximum Gasteiger partial charge on any atom is 0.410 e. The van der Waals surface area contributed by atoms with Crippen molar-refractivity contribution in [3.8, 4) is 0 Å². The molecule has 124 valence electrons. The van der Waals surface area contributed by atoms with Gasteiger partial charge in [0.2, 0.25) is 0 Å². The van der Waals surface area contributed by atoms with Crippen LogP contribution in [0, 0.1) is 0 Å². The van der Waals surface area contributed by atoms with Crippen molar-refractivity contribution >= 4 is 6.09 Å². The zero-order valence-corrected chi connectivity index (χ0v) is 13.8. The number of hydrogen-bond acceptors (Lipinski definition) is 5. The third-order valence-electron chi connectivity index (χ3n) is 3.68. The van der Waals surface area contributed by atoms with Crippen LogP contribution in [0.1, 0.15) is 57.6 Å². The molecule has 0 aromatic carbocycles. The van der Waals surface area contributed by atoms with E-state index in [4.69, 9.17) is 10.5 Å². The molecule has 1 saturated heterocycles. The Labute approximate surface area is 131 Å². The van der Waals surface area contributed by atoms with Gasteiger partial charge < -0.3 is 15.4 Å². The highest BCUT2D eigenvalue weighted by Gasteiger charge is 2.29. The molecule has 2 heterocycles. The molecule has 1 aliphatic rings. The highest BCUT2D eigenvalue weighted by Crippen LogP contribution is 2.26. The van der Waals surface area contributed by atoms with Gasteiger partial charge in [0.25, 0.3) is 0 Å². The van der Waals surface area contributed by atoms with E-state index >= 15 is 0 Å². The van der Waals surface area contributed by atoms with E-state index in [0.717, 1.165) is 37.3 Å². The Hall–Kier alpha value is -1.63. The number of aromatic nitrogens is 3. The van der Waals surface area contributed by atoms with Crippen molar-refractivity contribution in [1.29, 1.82) is 0 Å². The number of carbonyl (C=O) groups excluding carboxylic acids is 1. The summed E-state index contributed by atoms with van der Waals surface area (Å²) in [4.78, 5) is 18.3. The van der Waals surface area contributed by atoms with Crippen molar-refractivity contribution in [1.82, 2.24) is 20.1 Å². The Balaban J connectivity index is 1.84. The molecule has 2 rings (SSSR count). The number of aromatic amines is 1. The number of H-pyrrole nitrogens is 1. The second-order valence-electron chi connectivity index (χ2n) is 6.77. The first-order valence-electron chi connectivity index (χ1n) is 7.98. The molecule has 0 bridgehead atoms. The third-order valence-corrected chi connectivity index (χ3v) is 3.68. The number of hydrogen-bond donors (Lipinski definition) is 2. The van der Waals surface area contributed by atoms with Crippen LogP contribution in [-0.2, 0) is 11.2 Å². The summed E-state index contributed by atoms with van der Waals surface area (Å²) >= 11 is 0. The lowest BCUT2D eigenvalue weighted by Gasteiger charge is -2.32. The lowest BCUT2D eigenvalue weighted by atomic mass is 9.96. The summed E-state index contributed by atoms with van der Waals surface area (Å²) in [5.41, 5.74) is 5.05. The minimum Gasteiger partial charge on any atom is -0.444 e. The SMILES string of the molecule is CC(C)(C)OC(=O)N1CCC(c2n[nH]c(CCCN)n2)CC1. The van der Waals surface area contributed by atoms with Crippen LogP contribution in [0.15, 0.2) is 0 Å². The van der Waals surface area contributed by atoms with E-state index in [0.29, 0.717) is 25.6 Å². The molecule has 3 N–H and O–H groups in total. The first-order chi connectivity index (χ1) is 10.4. The number of nitrogens with one attached hydrogen (secondary N) is 1. The van der Waals surface area contributed by atoms with Gasteiger partial charge in [-0.05, 0) is 46.6 Å². The fourth-order valence-electron chi connectivity index (χ4n) is 2.52. The summed E-state index contributed by atoms with van der Waals surface area (Å²) in [7, 11) is 0. The number of rotatable bonds is 4. The minimum atomic E-state index is -0.449. The molecule has 0 aliphatic carbocycles. The van der Waals surface area contributed by atoms with Crippen LogP contribution in [0.2, 0.25) is 0 Å². The van der Waals surface area contributed by atoms with Crippen LogP contribution in [-0.4, -0.2) is 51.4 Å². The molecule has 1 amide bonds. The van der Waals surface area contributed by atoms with Crippen LogP contribution in [0.3, 0.4) is 0 Å². The average molecular weight is 309 g/mol. The highest BCUT2D eigenvalue weighted by molar-refractivity contribution is 5.68.